The van der Waals surface area contributed by atoms with Crippen molar-refractivity contribution in [1.29, 1.82) is 0 Å². The van der Waals surface area contributed by atoms with Gasteiger partial charge in [0, 0.05) is 37.9 Å². The van der Waals surface area contributed by atoms with Crippen LogP contribution in [0.5, 0.6) is 0 Å². The number of nitrogens with one attached hydrogen (secondary N) is 1. The van der Waals surface area contributed by atoms with Crippen LogP contribution >= 0.6 is 0 Å². The van der Waals surface area contributed by atoms with Gasteiger partial charge in [-0.3, -0.25) is 9.97 Å². The topological polar surface area (TPSA) is 84.4 Å². The van der Waals surface area contributed by atoms with E-state index in [2.05, 4.69) is 72.5 Å². The van der Waals surface area contributed by atoms with E-state index in [-0.39, 0.29) is 23.5 Å². The molecule has 1 N–H and O–H groups in total. The lowest BCUT2D eigenvalue weighted by Gasteiger charge is -2.35. The van der Waals surface area contributed by atoms with Crippen molar-refractivity contribution in [2.24, 2.45) is 0 Å². The van der Waals surface area contributed by atoms with Gasteiger partial charge in [0.1, 0.15) is 12.1 Å². The molecule has 4 rings (SSSR count). The number of aromatic nitrogens is 2. The second kappa shape index (κ2) is 15.5. The maximum atomic E-state index is 13.5. The van der Waals surface area contributed by atoms with Crippen molar-refractivity contribution in [3.05, 3.63) is 95.6 Å². The van der Waals surface area contributed by atoms with Crippen LogP contribution in [0.4, 0.5) is 4.79 Å². The van der Waals surface area contributed by atoms with Crippen LogP contribution in [0.2, 0.25) is 0 Å². The minimum atomic E-state index is -0.554. The quantitative estimate of drug-likeness (QED) is 0.242. The molecular weight excluding hydrogens is 524 g/mol. The maximum absolute atomic E-state index is 13.5. The molecule has 0 aliphatic carbocycles. The molecule has 1 fully saturated rings. The van der Waals surface area contributed by atoms with Gasteiger partial charge in [0.2, 0.25) is 0 Å². The van der Waals surface area contributed by atoms with Crippen molar-refractivity contribution in [3.8, 4) is 0 Å². The zero-order valence-electron chi connectivity index (χ0n) is 25.4. The van der Waals surface area contributed by atoms with Gasteiger partial charge in [0.05, 0.1) is 0 Å². The molecule has 7 nitrogen and oxygen atoms in total. The minimum absolute atomic E-state index is 0.0819. The Kier molecular flexibility index (Phi) is 11.5. The van der Waals surface area contributed by atoms with Crippen LogP contribution in [-0.4, -0.2) is 45.6 Å². The Hall–Kier alpha value is -3.74. The number of nitrogens with zero attached hydrogens (tertiary/aromatic N) is 3. The number of hydrogen-bond acceptors (Lipinski definition) is 5. The smallest absolute Gasteiger partial charge is 0.329 e. The van der Waals surface area contributed by atoms with Crippen LogP contribution < -0.4 is 5.32 Å². The summed E-state index contributed by atoms with van der Waals surface area (Å²) < 4.78 is 6.16. The van der Waals surface area contributed by atoms with E-state index < -0.39 is 6.04 Å². The van der Waals surface area contributed by atoms with Crippen LogP contribution in [0.1, 0.15) is 88.0 Å². The Labute approximate surface area is 251 Å². The monoisotopic (exact) mass is 570 g/mol. The first-order valence-electron chi connectivity index (χ1n) is 15.4. The highest BCUT2D eigenvalue weighted by Crippen LogP contribution is 2.23. The van der Waals surface area contributed by atoms with Crippen molar-refractivity contribution >= 4 is 12.0 Å². The number of likely N-dealkylation sites (tertiary alicyclic amines) is 1. The lowest BCUT2D eigenvalue weighted by atomic mass is 9.87. The predicted octanol–water partition coefficient (Wildman–Crippen LogP) is 6.80. The summed E-state index contributed by atoms with van der Waals surface area (Å²) in [6.45, 7) is 7.54. The molecule has 0 saturated carbocycles. The average Bonchev–Trinajstić information content (AvgIpc) is 3.00. The zero-order chi connectivity index (χ0) is 29.8. The summed E-state index contributed by atoms with van der Waals surface area (Å²) in [6, 6.07) is 15.6. The molecule has 0 unspecified atom stereocenters. The number of esters is 1. The number of pyridine rings is 2. The number of urea groups is 1. The molecule has 1 aliphatic rings. The fourth-order valence-electron chi connectivity index (χ4n) is 5.49. The fraction of sp³-hybridized carbons (Fsp3) is 0.486. The van der Waals surface area contributed by atoms with Gasteiger partial charge in [-0.1, -0.05) is 57.2 Å². The van der Waals surface area contributed by atoms with Gasteiger partial charge in [-0.05, 0) is 97.6 Å². The molecule has 0 bridgehead atoms. The predicted molar refractivity (Wildman–Crippen MR) is 166 cm³/mol. The van der Waals surface area contributed by atoms with Gasteiger partial charge in [0.25, 0.3) is 0 Å². The van der Waals surface area contributed by atoms with Crippen molar-refractivity contribution in [1.82, 2.24) is 20.2 Å². The molecule has 3 heterocycles. The van der Waals surface area contributed by atoms with E-state index in [1.165, 1.54) is 16.7 Å². The standard InChI is InChI=1S/C35H46N4O3/c1-35(2,3)30-19-17-29(18-20-30)26-38-34(41)39-23-5-4-16-32(39)33(40)42-31(14-6-10-27-12-8-21-36-24-27)15-7-11-28-13-9-22-37-25-28/h8-9,12-13,17-22,24-25,31-32H,4-7,10-11,14-16,23,26H2,1-3H3,(H,38,41)/t32-/m0/s1. The number of benzene rings is 1. The Morgan fingerprint density at radius 3 is 2.07 bits per heavy atom. The summed E-state index contributed by atoms with van der Waals surface area (Å²) in [7, 11) is 0. The minimum Gasteiger partial charge on any atom is -0.461 e. The Morgan fingerprint density at radius 1 is 0.905 bits per heavy atom. The number of carbonyl (C=O) groups is 2. The van der Waals surface area contributed by atoms with E-state index in [0.29, 0.717) is 19.5 Å². The summed E-state index contributed by atoms with van der Waals surface area (Å²) in [5.41, 5.74) is 4.74. The van der Waals surface area contributed by atoms with Gasteiger partial charge in [-0.15, -0.1) is 0 Å². The number of ether oxygens (including phenoxy) is 1. The molecule has 42 heavy (non-hydrogen) atoms. The second-order valence-electron chi connectivity index (χ2n) is 12.4. The third-order valence-corrected chi connectivity index (χ3v) is 8.01. The maximum Gasteiger partial charge on any atom is 0.329 e. The van der Waals surface area contributed by atoms with Crippen LogP contribution in [0.25, 0.3) is 0 Å². The van der Waals surface area contributed by atoms with Gasteiger partial charge in [-0.2, -0.15) is 0 Å². The summed E-state index contributed by atoms with van der Waals surface area (Å²) in [4.78, 5) is 36.9. The number of rotatable bonds is 12. The van der Waals surface area contributed by atoms with Crippen LogP contribution in [-0.2, 0) is 34.3 Å². The third-order valence-electron chi connectivity index (χ3n) is 8.01. The summed E-state index contributed by atoms with van der Waals surface area (Å²) in [6.07, 6.45) is 14.7. The van der Waals surface area contributed by atoms with Gasteiger partial charge >= 0.3 is 12.0 Å². The van der Waals surface area contributed by atoms with E-state index in [1.807, 2.05) is 24.5 Å². The lowest BCUT2D eigenvalue weighted by Crippen LogP contribution is -2.52. The highest BCUT2D eigenvalue weighted by Gasteiger charge is 2.34. The SMILES string of the molecule is CC(C)(C)c1ccc(CNC(=O)N2CCCC[C@H]2C(=O)OC(CCCc2cccnc2)CCCc2cccnc2)cc1. The van der Waals surface area contributed by atoms with E-state index in [0.717, 1.165) is 56.9 Å². The second-order valence-corrected chi connectivity index (χ2v) is 12.4. The van der Waals surface area contributed by atoms with Gasteiger partial charge in [-0.25, -0.2) is 9.59 Å². The molecule has 1 atom stereocenters. The number of aryl methyl sites for hydroxylation is 2. The zero-order valence-corrected chi connectivity index (χ0v) is 25.4. The molecule has 2 aromatic heterocycles. The van der Waals surface area contributed by atoms with Gasteiger partial charge < -0.3 is 15.0 Å². The molecule has 3 aromatic rings. The summed E-state index contributed by atoms with van der Waals surface area (Å²) >= 11 is 0. The van der Waals surface area contributed by atoms with E-state index >= 15 is 0 Å². The fourth-order valence-corrected chi connectivity index (χ4v) is 5.49. The van der Waals surface area contributed by atoms with Crippen LogP contribution in [0.15, 0.2) is 73.3 Å². The number of carbonyl (C=O) groups excluding carboxylic acids is 2. The molecular formula is C35H46N4O3. The lowest BCUT2D eigenvalue weighted by molar-refractivity contribution is -0.156. The first-order valence-corrected chi connectivity index (χ1v) is 15.4. The summed E-state index contributed by atoms with van der Waals surface area (Å²) in [5, 5.41) is 3.04. The number of amides is 2. The Balaban J connectivity index is 1.34. The third kappa shape index (κ3) is 9.68. The molecule has 0 radical (unpaired) electrons. The first kappa shape index (κ1) is 31.2. The molecule has 224 valence electrons. The van der Waals surface area contributed by atoms with Crippen molar-refractivity contribution < 1.29 is 14.3 Å². The van der Waals surface area contributed by atoms with E-state index in [4.69, 9.17) is 4.74 Å². The highest BCUT2D eigenvalue weighted by molar-refractivity contribution is 5.84. The van der Waals surface area contributed by atoms with Crippen LogP contribution in [0.3, 0.4) is 0 Å². The van der Waals surface area contributed by atoms with Crippen molar-refractivity contribution in [3.63, 3.8) is 0 Å². The molecule has 2 amide bonds. The Morgan fingerprint density at radius 2 is 1.52 bits per heavy atom. The number of hydrogen-bond donors (Lipinski definition) is 1. The first-order chi connectivity index (χ1) is 20.3. The van der Waals surface area contributed by atoms with Crippen LogP contribution in [0, 0.1) is 0 Å². The largest absolute Gasteiger partial charge is 0.461 e. The van der Waals surface area contributed by atoms with Gasteiger partial charge in [0.15, 0.2) is 0 Å². The normalized spacial score (nSPS) is 15.4. The molecule has 1 aromatic carbocycles. The molecule has 7 heteroatoms. The van der Waals surface area contributed by atoms with E-state index in [9.17, 15) is 9.59 Å². The van der Waals surface area contributed by atoms with E-state index in [1.54, 1.807) is 17.3 Å². The highest BCUT2D eigenvalue weighted by atomic mass is 16.5. The van der Waals surface area contributed by atoms with Crippen molar-refractivity contribution in [2.45, 2.75) is 103 Å². The summed E-state index contributed by atoms with van der Waals surface area (Å²) in [5.74, 6) is -0.285. The molecule has 1 aliphatic heterocycles. The Bertz CT molecular complexity index is 1200. The van der Waals surface area contributed by atoms with Crippen molar-refractivity contribution in [2.75, 3.05) is 6.54 Å². The average molecular weight is 571 g/mol. The molecule has 1 saturated heterocycles. The number of piperidine rings is 1. The molecule has 0 spiro atoms.